The lowest BCUT2D eigenvalue weighted by molar-refractivity contribution is -0.119. The van der Waals surface area contributed by atoms with E-state index in [-0.39, 0.29) is 11.4 Å². The van der Waals surface area contributed by atoms with Crippen LogP contribution in [0.15, 0.2) is 18.2 Å². The summed E-state index contributed by atoms with van der Waals surface area (Å²) < 4.78 is 5.07. The first-order valence-electron chi connectivity index (χ1n) is 5.42. The van der Waals surface area contributed by atoms with Crippen LogP contribution in [-0.2, 0) is 11.2 Å². The second kappa shape index (κ2) is 4.12. The zero-order valence-corrected chi connectivity index (χ0v) is 9.62. The molecule has 1 fully saturated rings. The van der Waals surface area contributed by atoms with Crippen LogP contribution in [0, 0.1) is 0 Å². The Labute approximate surface area is 95.0 Å². The molecule has 2 heterocycles. The smallest absolute Gasteiger partial charge is 0.220 e. The molecule has 0 radical (unpaired) electrons. The van der Waals surface area contributed by atoms with Crippen LogP contribution in [-0.4, -0.2) is 23.5 Å². The van der Waals surface area contributed by atoms with E-state index in [9.17, 15) is 4.79 Å². The number of pyridine rings is 1. The predicted molar refractivity (Wildman–Crippen MR) is 60.3 cm³/mol. The molecule has 1 aromatic heterocycles. The van der Waals surface area contributed by atoms with Crippen LogP contribution in [0.5, 0.6) is 5.88 Å². The molecule has 0 spiro atoms. The van der Waals surface area contributed by atoms with Crippen LogP contribution in [0.3, 0.4) is 0 Å². The summed E-state index contributed by atoms with van der Waals surface area (Å²) in [5.74, 6) is 0.746. The third-order valence-corrected chi connectivity index (χ3v) is 2.91. The van der Waals surface area contributed by atoms with Crippen molar-refractivity contribution in [3.8, 4) is 5.88 Å². The second-order valence-corrected chi connectivity index (χ2v) is 4.46. The topological polar surface area (TPSA) is 51.2 Å². The minimum atomic E-state index is -0.156. The average molecular weight is 220 g/mol. The summed E-state index contributed by atoms with van der Waals surface area (Å²) in [6, 6.07) is 5.69. The first kappa shape index (κ1) is 10.9. The van der Waals surface area contributed by atoms with E-state index in [0.717, 1.165) is 18.5 Å². The number of nitrogens with zero attached hydrogens (tertiary/aromatic N) is 1. The van der Waals surface area contributed by atoms with E-state index in [0.29, 0.717) is 12.3 Å². The van der Waals surface area contributed by atoms with Crippen molar-refractivity contribution in [2.45, 2.75) is 31.7 Å². The Hall–Kier alpha value is -1.58. The van der Waals surface area contributed by atoms with E-state index in [1.54, 1.807) is 7.11 Å². The van der Waals surface area contributed by atoms with Gasteiger partial charge in [-0.3, -0.25) is 4.79 Å². The lowest BCUT2D eigenvalue weighted by Crippen LogP contribution is -2.40. The van der Waals surface area contributed by atoms with Crippen LogP contribution < -0.4 is 10.1 Å². The van der Waals surface area contributed by atoms with Gasteiger partial charge in [-0.25, -0.2) is 4.98 Å². The van der Waals surface area contributed by atoms with Gasteiger partial charge >= 0.3 is 0 Å². The van der Waals surface area contributed by atoms with Crippen LogP contribution in [0.2, 0.25) is 0 Å². The van der Waals surface area contributed by atoms with Crippen molar-refractivity contribution in [1.29, 1.82) is 0 Å². The average Bonchev–Trinajstić information content (AvgIpc) is 2.58. The summed E-state index contributed by atoms with van der Waals surface area (Å²) in [6.45, 7) is 2.05. The van der Waals surface area contributed by atoms with E-state index in [2.05, 4.69) is 17.2 Å². The molecular weight excluding hydrogens is 204 g/mol. The first-order chi connectivity index (χ1) is 7.61. The van der Waals surface area contributed by atoms with Gasteiger partial charge in [-0.05, 0) is 19.4 Å². The van der Waals surface area contributed by atoms with E-state index in [1.165, 1.54) is 0 Å². The molecule has 16 heavy (non-hydrogen) atoms. The summed E-state index contributed by atoms with van der Waals surface area (Å²) in [7, 11) is 1.60. The Bertz CT molecular complexity index is 406. The molecule has 4 heteroatoms. The lowest BCUT2D eigenvalue weighted by Gasteiger charge is -2.23. The third kappa shape index (κ3) is 2.32. The molecule has 0 bridgehead atoms. The number of amides is 1. The second-order valence-electron chi connectivity index (χ2n) is 4.46. The van der Waals surface area contributed by atoms with E-state index in [1.807, 2.05) is 18.2 Å². The Morgan fingerprint density at radius 1 is 1.56 bits per heavy atom. The molecular formula is C12H16N2O2. The minimum Gasteiger partial charge on any atom is -0.481 e. The standard InChI is InChI=1S/C12H16N2O2/c1-12(7-6-10(15)14-12)8-9-4-3-5-11(13-9)16-2/h3-5H,6-8H2,1-2H3,(H,14,15). The predicted octanol–water partition coefficient (Wildman–Crippen LogP) is 1.30. The first-order valence-corrected chi connectivity index (χ1v) is 5.42. The van der Waals surface area contributed by atoms with Gasteiger partial charge in [0.1, 0.15) is 0 Å². The van der Waals surface area contributed by atoms with Gasteiger partial charge in [0.2, 0.25) is 11.8 Å². The molecule has 1 amide bonds. The summed E-state index contributed by atoms with van der Waals surface area (Å²) in [4.78, 5) is 15.6. The molecule has 1 unspecified atom stereocenters. The van der Waals surface area contributed by atoms with Crippen molar-refractivity contribution in [3.63, 3.8) is 0 Å². The number of nitrogens with one attached hydrogen (secondary N) is 1. The Kier molecular flexibility index (Phi) is 2.81. The minimum absolute atomic E-state index is 0.130. The highest BCUT2D eigenvalue weighted by Gasteiger charge is 2.33. The van der Waals surface area contributed by atoms with E-state index in [4.69, 9.17) is 4.74 Å². The maximum Gasteiger partial charge on any atom is 0.220 e. The zero-order valence-electron chi connectivity index (χ0n) is 9.62. The molecule has 0 aromatic carbocycles. The Balaban J connectivity index is 2.11. The van der Waals surface area contributed by atoms with Crippen molar-refractivity contribution in [1.82, 2.24) is 10.3 Å². The number of hydrogen-bond acceptors (Lipinski definition) is 3. The highest BCUT2D eigenvalue weighted by atomic mass is 16.5. The molecule has 1 aliphatic heterocycles. The molecule has 4 nitrogen and oxygen atoms in total. The Morgan fingerprint density at radius 2 is 2.38 bits per heavy atom. The highest BCUT2D eigenvalue weighted by Crippen LogP contribution is 2.24. The van der Waals surface area contributed by atoms with Crippen LogP contribution in [0.4, 0.5) is 0 Å². The fraction of sp³-hybridized carbons (Fsp3) is 0.500. The molecule has 2 rings (SSSR count). The SMILES string of the molecule is COc1cccc(CC2(C)CCC(=O)N2)n1. The summed E-state index contributed by atoms with van der Waals surface area (Å²) >= 11 is 0. The fourth-order valence-electron chi connectivity index (χ4n) is 2.05. The molecule has 1 aromatic rings. The van der Waals surface area contributed by atoms with Crippen molar-refractivity contribution < 1.29 is 9.53 Å². The maximum absolute atomic E-state index is 11.2. The number of hydrogen-bond donors (Lipinski definition) is 1. The quantitative estimate of drug-likeness (QED) is 0.835. The fourth-order valence-corrected chi connectivity index (χ4v) is 2.05. The number of ether oxygens (including phenoxy) is 1. The van der Waals surface area contributed by atoms with Gasteiger partial charge in [-0.1, -0.05) is 6.07 Å². The van der Waals surface area contributed by atoms with Crippen LogP contribution in [0.25, 0.3) is 0 Å². The molecule has 1 aliphatic rings. The molecule has 86 valence electrons. The van der Waals surface area contributed by atoms with Gasteiger partial charge in [0, 0.05) is 30.1 Å². The van der Waals surface area contributed by atoms with Crippen molar-refractivity contribution >= 4 is 5.91 Å². The molecule has 1 N–H and O–H groups in total. The van der Waals surface area contributed by atoms with E-state index >= 15 is 0 Å². The molecule has 1 atom stereocenters. The van der Waals surface area contributed by atoms with Gasteiger partial charge in [0.05, 0.1) is 7.11 Å². The molecule has 0 aliphatic carbocycles. The van der Waals surface area contributed by atoms with Crippen molar-refractivity contribution in [2.75, 3.05) is 7.11 Å². The monoisotopic (exact) mass is 220 g/mol. The number of rotatable bonds is 3. The van der Waals surface area contributed by atoms with E-state index < -0.39 is 0 Å². The van der Waals surface area contributed by atoms with Gasteiger partial charge < -0.3 is 10.1 Å². The van der Waals surface area contributed by atoms with Crippen LogP contribution >= 0.6 is 0 Å². The maximum atomic E-state index is 11.2. The number of methoxy groups -OCH3 is 1. The normalized spacial score (nSPS) is 24.2. The van der Waals surface area contributed by atoms with Crippen LogP contribution in [0.1, 0.15) is 25.5 Å². The summed E-state index contributed by atoms with van der Waals surface area (Å²) in [5.41, 5.74) is 0.792. The van der Waals surface area contributed by atoms with Gasteiger partial charge in [-0.2, -0.15) is 0 Å². The largest absolute Gasteiger partial charge is 0.481 e. The molecule has 1 saturated heterocycles. The zero-order chi connectivity index (χ0) is 11.6. The number of aromatic nitrogens is 1. The van der Waals surface area contributed by atoms with Gasteiger partial charge in [-0.15, -0.1) is 0 Å². The lowest BCUT2D eigenvalue weighted by atomic mass is 9.94. The van der Waals surface area contributed by atoms with Crippen molar-refractivity contribution in [3.05, 3.63) is 23.9 Å². The summed E-state index contributed by atoms with van der Waals surface area (Å²) in [6.07, 6.45) is 2.22. The van der Waals surface area contributed by atoms with Gasteiger partial charge in [0.25, 0.3) is 0 Å². The van der Waals surface area contributed by atoms with Gasteiger partial charge in [0.15, 0.2) is 0 Å². The number of carbonyl (C=O) groups is 1. The Morgan fingerprint density at radius 3 is 3.00 bits per heavy atom. The van der Waals surface area contributed by atoms with Crippen molar-refractivity contribution in [2.24, 2.45) is 0 Å². The summed E-state index contributed by atoms with van der Waals surface area (Å²) in [5, 5.41) is 3.00. The molecule has 0 saturated carbocycles. The third-order valence-electron chi connectivity index (χ3n) is 2.91. The number of carbonyl (C=O) groups excluding carboxylic acids is 1. The highest BCUT2D eigenvalue weighted by molar-refractivity contribution is 5.79.